The molecule has 2 aromatic rings. The van der Waals surface area contributed by atoms with Crippen LogP contribution in [-0.2, 0) is 19.1 Å². The molecule has 0 saturated carbocycles. The number of methoxy groups -OCH3 is 1. The van der Waals surface area contributed by atoms with Gasteiger partial charge >= 0.3 is 11.9 Å². The molecule has 0 spiro atoms. The van der Waals surface area contributed by atoms with E-state index in [0.717, 1.165) is 11.3 Å². The van der Waals surface area contributed by atoms with Gasteiger partial charge in [-0.3, -0.25) is 4.79 Å². The largest absolute Gasteiger partial charge is 0.467 e. The van der Waals surface area contributed by atoms with Gasteiger partial charge in [0.15, 0.2) is 17.4 Å². The monoisotopic (exact) mass is 406 g/mol. The number of amides is 1. The van der Waals surface area contributed by atoms with Crippen molar-refractivity contribution in [3.8, 4) is 10.8 Å². The molecule has 1 atom stereocenters. The standard InChI is InChI=1S/C18H22N4O5S/c1-10(2)8-12(17(24)26-4)22-13(23)9-27-18(25)14-11(3)21-16(28-14)15-19-6-5-7-20-15/h5-7,10,12H,8-9H2,1-4H3,(H,22,23). The first-order valence-electron chi connectivity index (χ1n) is 8.61. The van der Waals surface area contributed by atoms with Crippen LogP contribution >= 0.6 is 11.3 Å². The van der Waals surface area contributed by atoms with Crippen molar-refractivity contribution < 1.29 is 23.9 Å². The third-order valence-corrected chi connectivity index (χ3v) is 4.73. The summed E-state index contributed by atoms with van der Waals surface area (Å²) in [6.07, 6.45) is 3.58. The number of nitrogens with zero attached hydrogens (tertiary/aromatic N) is 3. The minimum Gasteiger partial charge on any atom is -0.467 e. The van der Waals surface area contributed by atoms with Crippen molar-refractivity contribution in [1.29, 1.82) is 0 Å². The van der Waals surface area contributed by atoms with Crippen molar-refractivity contribution in [2.45, 2.75) is 33.2 Å². The Labute approximate surface area is 166 Å². The Kier molecular flexibility index (Phi) is 7.56. The van der Waals surface area contributed by atoms with E-state index in [0.29, 0.717) is 22.9 Å². The first-order valence-corrected chi connectivity index (χ1v) is 9.42. The van der Waals surface area contributed by atoms with Crippen molar-refractivity contribution in [2.24, 2.45) is 5.92 Å². The average Bonchev–Trinajstić information content (AvgIpc) is 3.07. The van der Waals surface area contributed by atoms with E-state index < -0.39 is 30.5 Å². The molecule has 0 aliphatic rings. The Hall–Kier alpha value is -2.88. The molecule has 1 N–H and O–H groups in total. The van der Waals surface area contributed by atoms with E-state index in [2.05, 4.69) is 25.0 Å². The van der Waals surface area contributed by atoms with Crippen molar-refractivity contribution in [3.63, 3.8) is 0 Å². The van der Waals surface area contributed by atoms with Gasteiger partial charge in [-0.25, -0.2) is 24.5 Å². The van der Waals surface area contributed by atoms with Crippen LogP contribution in [0.4, 0.5) is 0 Å². The van der Waals surface area contributed by atoms with Crippen molar-refractivity contribution in [1.82, 2.24) is 20.3 Å². The Morgan fingerprint density at radius 2 is 1.89 bits per heavy atom. The highest BCUT2D eigenvalue weighted by molar-refractivity contribution is 7.16. The van der Waals surface area contributed by atoms with Crippen LogP contribution in [0.1, 0.15) is 35.6 Å². The first-order chi connectivity index (χ1) is 13.3. The van der Waals surface area contributed by atoms with E-state index in [9.17, 15) is 14.4 Å². The molecule has 0 aromatic carbocycles. The van der Waals surface area contributed by atoms with Gasteiger partial charge in [-0.15, -0.1) is 11.3 Å². The number of ether oxygens (including phenoxy) is 2. The number of aryl methyl sites for hydroxylation is 1. The summed E-state index contributed by atoms with van der Waals surface area (Å²) in [5, 5.41) is 3.01. The van der Waals surface area contributed by atoms with E-state index in [1.54, 1.807) is 25.4 Å². The van der Waals surface area contributed by atoms with Crippen LogP contribution in [0.25, 0.3) is 10.8 Å². The number of carbonyl (C=O) groups is 3. The highest BCUT2D eigenvalue weighted by atomic mass is 32.1. The lowest BCUT2D eigenvalue weighted by molar-refractivity contribution is -0.145. The van der Waals surface area contributed by atoms with E-state index in [1.165, 1.54) is 7.11 Å². The van der Waals surface area contributed by atoms with Gasteiger partial charge in [-0.05, 0) is 25.3 Å². The predicted octanol–water partition coefficient (Wildman–Crippen LogP) is 1.77. The predicted molar refractivity (Wildman–Crippen MR) is 102 cm³/mol. The van der Waals surface area contributed by atoms with Crippen molar-refractivity contribution in [2.75, 3.05) is 13.7 Å². The van der Waals surface area contributed by atoms with Gasteiger partial charge in [0.25, 0.3) is 5.91 Å². The molecule has 0 aliphatic heterocycles. The number of rotatable bonds is 8. The number of esters is 2. The lowest BCUT2D eigenvalue weighted by Gasteiger charge is -2.18. The maximum Gasteiger partial charge on any atom is 0.350 e. The van der Waals surface area contributed by atoms with Crippen LogP contribution in [0.3, 0.4) is 0 Å². The molecule has 9 nitrogen and oxygen atoms in total. The average molecular weight is 406 g/mol. The normalized spacial score (nSPS) is 11.8. The van der Waals surface area contributed by atoms with Gasteiger partial charge in [0.1, 0.15) is 10.9 Å². The first kappa shape index (κ1) is 21.4. The van der Waals surface area contributed by atoms with E-state index in [-0.39, 0.29) is 10.8 Å². The van der Waals surface area contributed by atoms with Gasteiger partial charge in [-0.1, -0.05) is 13.8 Å². The van der Waals surface area contributed by atoms with Crippen LogP contribution in [0.15, 0.2) is 18.5 Å². The van der Waals surface area contributed by atoms with Crippen LogP contribution in [0.5, 0.6) is 0 Å². The molecule has 1 unspecified atom stereocenters. The zero-order valence-corrected chi connectivity index (χ0v) is 16.9. The van der Waals surface area contributed by atoms with Gasteiger partial charge in [-0.2, -0.15) is 0 Å². The van der Waals surface area contributed by atoms with Crippen LogP contribution in [-0.4, -0.2) is 52.6 Å². The summed E-state index contributed by atoms with van der Waals surface area (Å²) in [6, 6.07) is 0.890. The quantitative estimate of drug-likeness (QED) is 0.659. The summed E-state index contributed by atoms with van der Waals surface area (Å²) < 4.78 is 9.76. The molecule has 10 heteroatoms. The maximum atomic E-state index is 12.3. The van der Waals surface area contributed by atoms with Gasteiger partial charge in [0, 0.05) is 12.4 Å². The molecule has 0 fully saturated rings. The summed E-state index contributed by atoms with van der Waals surface area (Å²) in [6.45, 7) is 4.99. The second-order valence-corrected chi connectivity index (χ2v) is 7.35. The zero-order chi connectivity index (χ0) is 20.7. The highest BCUT2D eigenvalue weighted by Crippen LogP contribution is 2.25. The molecular weight excluding hydrogens is 384 g/mol. The van der Waals surface area contributed by atoms with Crippen LogP contribution < -0.4 is 5.32 Å². The van der Waals surface area contributed by atoms with Crippen molar-refractivity contribution in [3.05, 3.63) is 29.0 Å². The zero-order valence-electron chi connectivity index (χ0n) is 16.1. The van der Waals surface area contributed by atoms with Crippen LogP contribution in [0, 0.1) is 12.8 Å². The fourth-order valence-electron chi connectivity index (χ4n) is 2.35. The Bertz CT molecular complexity index is 838. The second-order valence-electron chi connectivity index (χ2n) is 6.35. The molecule has 2 rings (SSSR count). The van der Waals surface area contributed by atoms with Gasteiger partial charge < -0.3 is 14.8 Å². The lowest BCUT2D eigenvalue weighted by Crippen LogP contribution is -2.44. The van der Waals surface area contributed by atoms with E-state index in [1.807, 2.05) is 13.8 Å². The maximum absolute atomic E-state index is 12.3. The fourth-order valence-corrected chi connectivity index (χ4v) is 3.26. The Morgan fingerprint density at radius 3 is 2.50 bits per heavy atom. The SMILES string of the molecule is COC(=O)C(CC(C)C)NC(=O)COC(=O)c1sc(-c2ncccn2)nc1C. The van der Waals surface area contributed by atoms with Crippen LogP contribution in [0.2, 0.25) is 0 Å². The molecule has 0 bridgehead atoms. The summed E-state index contributed by atoms with van der Waals surface area (Å²) in [5.74, 6) is -1.23. The molecule has 0 aliphatic carbocycles. The molecule has 1 amide bonds. The van der Waals surface area contributed by atoms with Gasteiger partial charge in [0.05, 0.1) is 12.8 Å². The minimum atomic E-state index is -0.789. The Balaban J connectivity index is 1.97. The second kappa shape index (κ2) is 9.88. The van der Waals surface area contributed by atoms with E-state index in [4.69, 9.17) is 4.74 Å². The third-order valence-electron chi connectivity index (χ3n) is 3.60. The molecule has 0 radical (unpaired) electrons. The number of hydrogen-bond acceptors (Lipinski definition) is 9. The van der Waals surface area contributed by atoms with Gasteiger partial charge in [0.2, 0.25) is 0 Å². The Morgan fingerprint density at radius 1 is 1.21 bits per heavy atom. The number of thiazole rings is 1. The number of hydrogen-bond donors (Lipinski definition) is 1. The topological polar surface area (TPSA) is 120 Å². The number of carbonyl (C=O) groups excluding carboxylic acids is 3. The molecule has 28 heavy (non-hydrogen) atoms. The molecule has 2 heterocycles. The summed E-state index contributed by atoms with van der Waals surface area (Å²) >= 11 is 1.09. The molecular formula is C18H22N4O5S. The molecule has 2 aromatic heterocycles. The lowest BCUT2D eigenvalue weighted by atomic mass is 10.0. The highest BCUT2D eigenvalue weighted by Gasteiger charge is 2.24. The van der Waals surface area contributed by atoms with Crippen molar-refractivity contribution >= 4 is 29.2 Å². The third kappa shape index (κ3) is 5.81. The molecule has 0 saturated heterocycles. The smallest absolute Gasteiger partial charge is 0.350 e. The summed E-state index contributed by atoms with van der Waals surface area (Å²) in [4.78, 5) is 48.9. The number of aromatic nitrogens is 3. The number of nitrogens with one attached hydrogen (secondary N) is 1. The summed E-state index contributed by atoms with van der Waals surface area (Å²) in [7, 11) is 1.25. The summed E-state index contributed by atoms with van der Waals surface area (Å²) in [5.41, 5.74) is 0.463. The van der Waals surface area contributed by atoms with E-state index >= 15 is 0 Å². The molecule has 150 valence electrons. The fraction of sp³-hybridized carbons (Fsp3) is 0.444. The minimum absolute atomic E-state index is 0.172.